The molecule has 2 aromatic carbocycles. The highest BCUT2D eigenvalue weighted by molar-refractivity contribution is 6.38. The van der Waals surface area contributed by atoms with Gasteiger partial charge in [-0.15, -0.1) is 0 Å². The smallest absolute Gasteiger partial charge is 0.223 e. The fraction of sp³-hybridized carbons (Fsp3) is 0.333. The van der Waals surface area contributed by atoms with E-state index in [1.165, 1.54) is 11.8 Å². The van der Waals surface area contributed by atoms with Crippen LogP contribution in [0.3, 0.4) is 0 Å². The van der Waals surface area contributed by atoms with E-state index in [4.69, 9.17) is 37.7 Å². The highest BCUT2D eigenvalue weighted by atomic mass is 35.5. The molecule has 1 amide bonds. The van der Waals surface area contributed by atoms with E-state index >= 15 is 0 Å². The molecule has 3 aromatic rings. The minimum atomic E-state index is -0.120. The summed E-state index contributed by atoms with van der Waals surface area (Å²) in [5.41, 5.74) is 4.04. The van der Waals surface area contributed by atoms with Gasteiger partial charge < -0.3 is 19.3 Å². The Bertz CT molecular complexity index is 1160. The predicted octanol–water partition coefficient (Wildman–Crippen LogP) is 5.25. The number of nitrogens with zero attached hydrogens (tertiary/aromatic N) is 3. The van der Waals surface area contributed by atoms with E-state index in [0.717, 1.165) is 35.4 Å². The zero-order valence-corrected chi connectivity index (χ0v) is 19.8. The molecule has 1 aliphatic rings. The van der Waals surface area contributed by atoms with Crippen LogP contribution in [0.25, 0.3) is 10.9 Å². The van der Waals surface area contributed by atoms with Gasteiger partial charge in [-0.2, -0.15) is 0 Å². The van der Waals surface area contributed by atoms with Crippen molar-refractivity contribution in [2.75, 3.05) is 43.2 Å². The second kappa shape index (κ2) is 9.53. The summed E-state index contributed by atoms with van der Waals surface area (Å²) in [6.07, 6.45) is 0. The Labute approximate surface area is 197 Å². The third-order valence-corrected chi connectivity index (χ3v) is 6.41. The van der Waals surface area contributed by atoms with Crippen molar-refractivity contribution < 1.29 is 14.3 Å². The molecule has 1 aromatic heterocycles. The Morgan fingerprint density at radius 1 is 1.22 bits per heavy atom. The number of fused-ring (bicyclic) bond motifs is 1. The van der Waals surface area contributed by atoms with Crippen molar-refractivity contribution in [3.05, 3.63) is 57.7 Å². The zero-order valence-electron chi connectivity index (χ0n) is 18.3. The molecule has 4 rings (SSSR count). The van der Waals surface area contributed by atoms with Crippen molar-refractivity contribution >= 4 is 51.4 Å². The first-order valence-electron chi connectivity index (χ1n) is 10.4. The molecule has 0 N–H and O–H groups in total. The van der Waals surface area contributed by atoms with Crippen LogP contribution < -0.4 is 14.5 Å². The number of pyridine rings is 1. The topological polar surface area (TPSA) is 54.9 Å². The van der Waals surface area contributed by atoms with E-state index in [1.807, 2.05) is 19.1 Å². The molecule has 0 unspecified atom stereocenters. The van der Waals surface area contributed by atoms with Crippen LogP contribution in [-0.4, -0.2) is 44.2 Å². The highest BCUT2D eigenvalue weighted by Crippen LogP contribution is 2.36. The largest absolute Gasteiger partial charge is 0.487 e. The van der Waals surface area contributed by atoms with Crippen molar-refractivity contribution in [2.24, 2.45) is 0 Å². The molecular formula is C24H25Cl2N3O3. The number of para-hydroxylation sites is 1. The van der Waals surface area contributed by atoms with Crippen LogP contribution >= 0.6 is 23.2 Å². The second-order valence-corrected chi connectivity index (χ2v) is 8.55. The Kier molecular flexibility index (Phi) is 6.74. The van der Waals surface area contributed by atoms with Crippen LogP contribution in [-0.2, 0) is 16.1 Å². The third kappa shape index (κ3) is 4.49. The highest BCUT2D eigenvalue weighted by Gasteiger charge is 2.19. The lowest BCUT2D eigenvalue weighted by Gasteiger charge is -2.30. The van der Waals surface area contributed by atoms with E-state index in [-0.39, 0.29) is 12.5 Å². The first-order valence-corrected chi connectivity index (χ1v) is 11.2. The maximum absolute atomic E-state index is 11.8. The monoisotopic (exact) mass is 473 g/mol. The number of morpholine rings is 1. The molecule has 0 bridgehead atoms. The number of amides is 1. The van der Waals surface area contributed by atoms with Gasteiger partial charge >= 0.3 is 0 Å². The normalized spacial score (nSPS) is 14.0. The number of aryl methyl sites for hydroxylation is 1. The van der Waals surface area contributed by atoms with Crippen LogP contribution in [0.15, 0.2) is 36.4 Å². The van der Waals surface area contributed by atoms with Crippen molar-refractivity contribution in [1.82, 2.24) is 4.98 Å². The molecule has 0 aliphatic carbocycles. The van der Waals surface area contributed by atoms with Gasteiger partial charge in [0, 0.05) is 54.4 Å². The number of carbonyl (C=O) groups is 1. The Balaban J connectivity index is 1.68. The molecule has 0 spiro atoms. The summed E-state index contributed by atoms with van der Waals surface area (Å²) in [5.74, 6) is 0.531. The summed E-state index contributed by atoms with van der Waals surface area (Å²) in [7, 11) is 1.67. The van der Waals surface area contributed by atoms with Crippen LogP contribution in [0.5, 0.6) is 5.75 Å². The molecule has 1 saturated heterocycles. The Hall–Kier alpha value is -2.54. The first-order chi connectivity index (χ1) is 15.4. The van der Waals surface area contributed by atoms with E-state index in [9.17, 15) is 4.79 Å². The number of carbonyl (C=O) groups excluding carboxylic acids is 1. The number of benzene rings is 2. The van der Waals surface area contributed by atoms with E-state index in [0.29, 0.717) is 40.3 Å². The predicted molar refractivity (Wildman–Crippen MR) is 129 cm³/mol. The maximum Gasteiger partial charge on any atom is 0.223 e. The summed E-state index contributed by atoms with van der Waals surface area (Å²) in [6, 6.07) is 11.5. The van der Waals surface area contributed by atoms with E-state index in [2.05, 4.69) is 17.0 Å². The van der Waals surface area contributed by atoms with Gasteiger partial charge in [-0.1, -0.05) is 35.3 Å². The molecule has 32 heavy (non-hydrogen) atoms. The van der Waals surface area contributed by atoms with Crippen molar-refractivity contribution in [3.63, 3.8) is 0 Å². The number of rotatable bonds is 5. The van der Waals surface area contributed by atoms with Gasteiger partial charge in [0.15, 0.2) is 0 Å². The fourth-order valence-electron chi connectivity index (χ4n) is 3.81. The average molecular weight is 474 g/mol. The number of ether oxygens (including phenoxy) is 2. The molecule has 8 heteroatoms. The summed E-state index contributed by atoms with van der Waals surface area (Å²) >= 11 is 13.0. The summed E-state index contributed by atoms with van der Waals surface area (Å²) in [6.45, 7) is 6.71. The quantitative estimate of drug-likeness (QED) is 0.506. The summed E-state index contributed by atoms with van der Waals surface area (Å²) in [5, 5.41) is 1.90. The van der Waals surface area contributed by atoms with Gasteiger partial charge in [0.25, 0.3) is 0 Å². The van der Waals surface area contributed by atoms with Crippen LogP contribution in [0.2, 0.25) is 10.0 Å². The molecule has 1 aliphatic heterocycles. The molecule has 0 radical (unpaired) electrons. The SMILES string of the molecule is CC(=O)N(C)c1ccc(Cl)c(COc2cccc3c(N4CCOCC4)cc(C)nc23)c1Cl. The maximum atomic E-state index is 11.8. The van der Waals surface area contributed by atoms with Gasteiger partial charge in [0.2, 0.25) is 5.91 Å². The summed E-state index contributed by atoms with van der Waals surface area (Å²) in [4.78, 5) is 20.4. The van der Waals surface area contributed by atoms with Gasteiger partial charge in [0.1, 0.15) is 17.9 Å². The Morgan fingerprint density at radius 2 is 1.97 bits per heavy atom. The van der Waals surface area contributed by atoms with Crippen LogP contribution in [0, 0.1) is 6.92 Å². The lowest BCUT2D eigenvalue weighted by molar-refractivity contribution is -0.116. The molecule has 1 fully saturated rings. The average Bonchev–Trinajstić information content (AvgIpc) is 2.78. The number of halogens is 2. The molecule has 168 valence electrons. The minimum absolute atomic E-state index is 0.120. The van der Waals surface area contributed by atoms with E-state index in [1.54, 1.807) is 19.2 Å². The molecule has 2 heterocycles. The van der Waals surface area contributed by atoms with Crippen LogP contribution in [0.4, 0.5) is 11.4 Å². The van der Waals surface area contributed by atoms with Crippen LogP contribution in [0.1, 0.15) is 18.2 Å². The fourth-order valence-corrected chi connectivity index (χ4v) is 4.41. The third-order valence-electron chi connectivity index (χ3n) is 5.63. The Morgan fingerprint density at radius 3 is 2.69 bits per heavy atom. The van der Waals surface area contributed by atoms with Gasteiger partial charge in [-0.25, -0.2) is 4.98 Å². The number of hydrogen-bond donors (Lipinski definition) is 0. The van der Waals surface area contributed by atoms with Gasteiger partial charge in [-0.05, 0) is 31.2 Å². The zero-order chi connectivity index (χ0) is 22.8. The van der Waals surface area contributed by atoms with Crippen molar-refractivity contribution in [3.8, 4) is 5.75 Å². The van der Waals surface area contributed by atoms with Crippen molar-refractivity contribution in [2.45, 2.75) is 20.5 Å². The lowest BCUT2D eigenvalue weighted by Crippen LogP contribution is -2.36. The molecular weight excluding hydrogens is 449 g/mol. The lowest BCUT2D eigenvalue weighted by atomic mass is 10.1. The molecule has 0 saturated carbocycles. The summed E-state index contributed by atoms with van der Waals surface area (Å²) < 4.78 is 11.7. The van der Waals surface area contributed by atoms with Crippen molar-refractivity contribution in [1.29, 1.82) is 0 Å². The van der Waals surface area contributed by atoms with Gasteiger partial charge in [-0.3, -0.25) is 4.79 Å². The molecule has 6 nitrogen and oxygen atoms in total. The minimum Gasteiger partial charge on any atom is -0.487 e. The van der Waals surface area contributed by atoms with Gasteiger partial charge in [0.05, 0.1) is 23.9 Å². The molecule has 0 atom stereocenters. The number of hydrogen-bond acceptors (Lipinski definition) is 5. The van der Waals surface area contributed by atoms with E-state index < -0.39 is 0 Å². The standard InChI is InChI=1S/C24H25Cl2N3O3/c1-15-13-21(29-9-11-31-12-10-29)17-5-4-6-22(24(17)27-15)32-14-18-19(25)7-8-20(23(18)26)28(3)16(2)30/h4-8,13H,9-12,14H2,1-3H3. The number of aromatic nitrogens is 1. The number of anilines is 2. The second-order valence-electron chi connectivity index (χ2n) is 7.76. The first kappa shape index (κ1) is 22.6.